The van der Waals surface area contributed by atoms with Crippen molar-refractivity contribution >= 4 is 11.8 Å². The second kappa shape index (κ2) is 10.1. The first-order valence-electron chi connectivity index (χ1n) is 10.6. The first kappa shape index (κ1) is 22.4. The fraction of sp³-hybridized carbons (Fsp3) is 0.636. The van der Waals surface area contributed by atoms with Gasteiger partial charge in [0.15, 0.2) is 18.1 Å². The first-order chi connectivity index (χ1) is 14.4. The van der Waals surface area contributed by atoms with E-state index in [1.165, 1.54) is 0 Å². The van der Waals surface area contributed by atoms with Gasteiger partial charge in [-0.05, 0) is 26.3 Å². The Balaban J connectivity index is 1.39. The topological polar surface area (TPSA) is 80.3 Å². The average Bonchev–Trinajstić information content (AvgIpc) is 3.04. The Morgan fingerprint density at radius 3 is 2.70 bits per heavy atom. The van der Waals surface area contributed by atoms with E-state index in [0.717, 1.165) is 24.2 Å². The number of methoxy groups -OCH3 is 1. The number of nitrogens with one attached hydrogen (secondary N) is 1. The van der Waals surface area contributed by atoms with Crippen molar-refractivity contribution < 1.29 is 23.8 Å². The largest absolute Gasteiger partial charge is 0.483 e. The van der Waals surface area contributed by atoms with Crippen molar-refractivity contribution in [1.29, 1.82) is 0 Å². The van der Waals surface area contributed by atoms with Crippen LogP contribution in [0.1, 0.15) is 25.8 Å². The predicted octanol–water partition coefficient (Wildman–Crippen LogP) is 1.08. The third-order valence-corrected chi connectivity index (χ3v) is 5.35. The summed E-state index contributed by atoms with van der Waals surface area (Å²) in [6.07, 6.45) is 1.63. The summed E-state index contributed by atoms with van der Waals surface area (Å²) in [4.78, 5) is 28.4. The van der Waals surface area contributed by atoms with E-state index in [9.17, 15) is 9.59 Å². The second-order valence-corrected chi connectivity index (χ2v) is 8.42. The highest BCUT2D eigenvalue weighted by Gasteiger charge is 2.32. The smallest absolute Gasteiger partial charge is 0.260 e. The molecule has 1 aromatic carbocycles. The molecule has 0 radical (unpaired) electrons. The number of fused-ring (bicyclic) bond motifs is 1. The predicted molar refractivity (Wildman–Crippen MR) is 113 cm³/mol. The van der Waals surface area contributed by atoms with Crippen LogP contribution in [-0.4, -0.2) is 86.8 Å². The van der Waals surface area contributed by atoms with Crippen LogP contribution in [0.2, 0.25) is 0 Å². The molecule has 8 heteroatoms. The minimum absolute atomic E-state index is 0.00932. The normalized spacial score (nSPS) is 17.9. The summed E-state index contributed by atoms with van der Waals surface area (Å²) in [6.45, 7) is 8.22. The number of piperazine rings is 1. The molecule has 166 valence electrons. The highest BCUT2D eigenvalue weighted by molar-refractivity contribution is 5.79. The van der Waals surface area contributed by atoms with Crippen molar-refractivity contribution in [3.63, 3.8) is 0 Å². The Hall–Kier alpha value is -2.32. The number of rotatable bonds is 9. The standard InChI is InChI=1S/C22H33N3O5/c1-22(2)14-17-6-4-7-18(21(17)30-22)29-16-20(27)25-11-9-24(10-12-25)15-19(26)23-8-5-13-28-3/h4,6-7H,5,8-16H2,1-3H3,(H,23,26). The van der Waals surface area contributed by atoms with Gasteiger partial charge in [-0.25, -0.2) is 0 Å². The molecule has 0 aliphatic carbocycles. The summed E-state index contributed by atoms with van der Waals surface area (Å²) in [5.41, 5.74) is 0.858. The molecule has 2 aliphatic heterocycles. The van der Waals surface area contributed by atoms with Crippen LogP contribution in [0.4, 0.5) is 0 Å². The van der Waals surface area contributed by atoms with Gasteiger partial charge in [-0.15, -0.1) is 0 Å². The third-order valence-electron chi connectivity index (χ3n) is 5.35. The average molecular weight is 420 g/mol. The molecule has 3 rings (SSSR count). The molecule has 1 fully saturated rings. The third kappa shape index (κ3) is 6.09. The van der Waals surface area contributed by atoms with Crippen LogP contribution in [-0.2, 0) is 20.7 Å². The van der Waals surface area contributed by atoms with Gasteiger partial charge in [0.1, 0.15) is 5.60 Å². The van der Waals surface area contributed by atoms with E-state index < -0.39 is 0 Å². The Morgan fingerprint density at radius 1 is 1.20 bits per heavy atom. The van der Waals surface area contributed by atoms with E-state index in [4.69, 9.17) is 14.2 Å². The minimum Gasteiger partial charge on any atom is -0.483 e. The van der Waals surface area contributed by atoms with Gasteiger partial charge in [-0.3, -0.25) is 14.5 Å². The number of hydrogen-bond acceptors (Lipinski definition) is 6. The van der Waals surface area contributed by atoms with Gasteiger partial charge >= 0.3 is 0 Å². The van der Waals surface area contributed by atoms with Gasteiger partial charge in [-0.1, -0.05) is 12.1 Å². The van der Waals surface area contributed by atoms with Crippen molar-refractivity contribution in [2.24, 2.45) is 0 Å². The molecule has 1 N–H and O–H groups in total. The lowest BCUT2D eigenvalue weighted by Crippen LogP contribution is -2.52. The molecule has 0 aromatic heterocycles. The van der Waals surface area contributed by atoms with Crippen LogP contribution in [0.3, 0.4) is 0 Å². The molecule has 0 saturated carbocycles. The maximum absolute atomic E-state index is 12.6. The second-order valence-electron chi connectivity index (χ2n) is 8.42. The zero-order valence-electron chi connectivity index (χ0n) is 18.2. The number of carbonyl (C=O) groups is 2. The van der Waals surface area contributed by atoms with Crippen LogP contribution >= 0.6 is 0 Å². The summed E-state index contributed by atoms with van der Waals surface area (Å²) in [7, 11) is 1.65. The number of benzene rings is 1. The highest BCUT2D eigenvalue weighted by Crippen LogP contribution is 2.41. The Kier molecular flexibility index (Phi) is 7.55. The van der Waals surface area contributed by atoms with Crippen molar-refractivity contribution in [2.45, 2.75) is 32.3 Å². The minimum atomic E-state index is -0.252. The van der Waals surface area contributed by atoms with Crippen molar-refractivity contribution in [1.82, 2.24) is 15.1 Å². The molecule has 1 aromatic rings. The Labute approximate surface area is 178 Å². The van der Waals surface area contributed by atoms with Crippen LogP contribution in [0.5, 0.6) is 11.5 Å². The molecular formula is C22H33N3O5. The van der Waals surface area contributed by atoms with Gasteiger partial charge < -0.3 is 24.4 Å². The van der Waals surface area contributed by atoms with Crippen LogP contribution in [0.15, 0.2) is 18.2 Å². The molecule has 30 heavy (non-hydrogen) atoms. The maximum Gasteiger partial charge on any atom is 0.260 e. The molecule has 0 bridgehead atoms. The number of para-hydroxylation sites is 1. The van der Waals surface area contributed by atoms with Crippen LogP contribution in [0, 0.1) is 0 Å². The number of carbonyl (C=O) groups excluding carboxylic acids is 2. The van der Waals surface area contributed by atoms with E-state index in [0.29, 0.717) is 51.6 Å². The van der Waals surface area contributed by atoms with E-state index in [1.807, 2.05) is 32.0 Å². The fourth-order valence-corrected chi connectivity index (χ4v) is 3.79. The fourth-order valence-electron chi connectivity index (χ4n) is 3.79. The highest BCUT2D eigenvalue weighted by atomic mass is 16.5. The molecule has 0 spiro atoms. The number of hydrogen-bond donors (Lipinski definition) is 1. The van der Waals surface area contributed by atoms with Crippen molar-refractivity contribution in [3.8, 4) is 11.5 Å². The summed E-state index contributed by atoms with van der Waals surface area (Å²) in [5, 5.41) is 2.89. The van der Waals surface area contributed by atoms with E-state index in [1.54, 1.807) is 12.0 Å². The van der Waals surface area contributed by atoms with Gasteiger partial charge in [0.2, 0.25) is 5.91 Å². The van der Waals surface area contributed by atoms with Crippen molar-refractivity contribution in [3.05, 3.63) is 23.8 Å². The molecule has 0 atom stereocenters. The quantitative estimate of drug-likeness (QED) is 0.604. The Morgan fingerprint density at radius 2 is 1.97 bits per heavy atom. The molecule has 8 nitrogen and oxygen atoms in total. The molecule has 2 amide bonds. The van der Waals surface area contributed by atoms with Gasteiger partial charge in [-0.2, -0.15) is 0 Å². The summed E-state index contributed by atoms with van der Waals surface area (Å²) >= 11 is 0. The monoisotopic (exact) mass is 419 g/mol. The zero-order chi connectivity index (χ0) is 21.6. The maximum atomic E-state index is 12.6. The van der Waals surface area contributed by atoms with Gasteiger partial charge in [0, 0.05) is 58.4 Å². The van der Waals surface area contributed by atoms with Gasteiger partial charge in [0.05, 0.1) is 6.54 Å². The van der Waals surface area contributed by atoms with Crippen LogP contribution < -0.4 is 14.8 Å². The summed E-state index contributed by atoms with van der Waals surface area (Å²) in [6, 6.07) is 5.81. The van der Waals surface area contributed by atoms with Crippen molar-refractivity contribution in [2.75, 3.05) is 59.6 Å². The SMILES string of the molecule is COCCCNC(=O)CN1CCN(C(=O)COc2cccc3c2OC(C)(C)C3)CC1. The molecule has 1 saturated heterocycles. The van der Waals surface area contributed by atoms with Gasteiger partial charge in [0.25, 0.3) is 5.91 Å². The van der Waals surface area contributed by atoms with E-state index >= 15 is 0 Å². The molecule has 2 aliphatic rings. The number of ether oxygens (including phenoxy) is 3. The lowest BCUT2D eigenvalue weighted by atomic mass is 10.0. The zero-order valence-corrected chi connectivity index (χ0v) is 18.2. The van der Waals surface area contributed by atoms with Crippen LogP contribution in [0.25, 0.3) is 0 Å². The lowest BCUT2D eigenvalue weighted by Gasteiger charge is -2.34. The summed E-state index contributed by atoms with van der Waals surface area (Å²) in [5.74, 6) is 1.33. The van der Waals surface area contributed by atoms with E-state index in [2.05, 4.69) is 10.2 Å². The molecular weight excluding hydrogens is 386 g/mol. The number of amides is 2. The lowest BCUT2D eigenvalue weighted by molar-refractivity contribution is -0.135. The first-order valence-corrected chi connectivity index (χ1v) is 10.6. The Bertz CT molecular complexity index is 744. The summed E-state index contributed by atoms with van der Waals surface area (Å²) < 4.78 is 16.8. The molecule has 2 heterocycles. The van der Waals surface area contributed by atoms with E-state index in [-0.39, 0.29) is 24.0 Å². The molecule has 0 unspecified atom stereocenters. The number of nitrogens with zero attached hydrogens (tertiary/aromatic N) is 2.